The largest absolute Gasteiger partial charge is 0.466 e. The Balaban J connectivity index is 2.67. The molecule has 0 aliphatic heterocycles. The zero-order valence-electron chi connectivity index (χ0n) is 15.7. The molecule has 0 aromatic heterocycles. The second-order valence-corrected chi connectivity index (χ2v) is 11.5. The SMILES string of the molecule is CCCP(c1cc(Br)cc(Br)c1OCOC)c1cc(Br)cc(Br)c1OCOC. The van der Waals surface area contributed by atoms with E-state index in [9.17, 15) is 0 Å². The number of benzene rings is 2. The molecule has 154 valence electrons. The molecule has 2 aromatic carbocycles. The minimum Gasteiger partial charge on any atom is -0.466 e. The van der Waals surface area contributed by atoms with Crippen molar-refractivity contribution in [2.75, 3.05) is 34.0 Å². The first-order valence-electron chi connectivity index (χ1n) is 8.42. The van der Waals surface area contributed by atoms with Gasteiger partial charge in [0.1, 0.15) is 11.5 Å². The van der Waals surface area contributed by atoms with Crippen LogP contribution in [0.4, 0.5) is 0 Å². The lowest BCUT2D eigenvalue weighted by atomic mass is 10.3. The second-order valence-electron chi connectivity index (χ2n) is 5.73. The molecule has 0 aliphatic carbocycles. The van der Waals surface area contributed by atoms with E-state index in [1.54, 1.807) is 14.2 Å². The van der Waals surface area contributed by atoms with Crippen molar-refractivity contribution in [1.82, 2.24) is 0 Å². The van der Waals surface area contributed by atoms with Gasteiger partial charge in [0, 0.05) is 33.8 Å². The average molecular weight is 664 g/mol. The Morgan fingerprint density at radius 3 is 1.54 bits per heavy atom. The van der Waals surface area contributed by atoms with Gasteiger partial charge in [-0.2, -0.15) is 0 Å². The summed E-state index contributed by atoms with van der Waals surface area (Å²) in [4.78, 5) is 0. The summed E-state index contributed by atoms with van der Waals surface area (Å²) in [5, 5.41) is 2.23. The molecule has 0 saturated carbocycles. The fourth-order valence-corrected chi connectivity index (χ4v) is 8.59. The third-order valence-electron chi connectivity index (χ3n) is 3.65. The summed E-state index contributed by atoms with van der Waals surface area (Å²) in [5.74, 6) is 1.58. The molecule has 2 rings (SSSR count). The van der Waals surface area contributed by atoms with Gasteiger partial charge in [-0.25, -0.2) is 0 Å². The zero-order valence-corrected chi connectivity index (χ0v) is 23.0. The molecule has 2 aromatic rings. The van der Waals surface area contributed by atoms with E-state index in [4.69, 9.17) is 18.9 Å². The normalized spacial score (nSPS) is 11.1. The molecule has 9 heteroatoms. The standard InChI is InChI=1S/C19H21Br4O4P/c1-4-5-28(16-8-12(20)6-14(22)18(16)26-10-24-2)17-9-13(21)7-15(23)19(17)27-11-25-3/h6-9H,4-5,10-11H2,1-3H3. The van der Waals surface area contributed by atoms with E-state index in [-0.39, 0.29) is 13.6 Å². The van der Waals surface area contributed by atoms with Crippen LogP contribution < -0.4 is 20.1 Å². The fraction of sp³-hybridized carbons (Fsp3) is 0.368. The van der Waals surface area contributed by atoms with E-state index in [0.717, 1.165) is 52.6 Å². The third kappa shape index (κ3) is 6.40. The Kier molecular flexibility index (Phi) is 10.7. The Morgan fingerprint density at radius 2 is 1.18 bits per heavy atom. The van der Waals surface area contributed by atoms with Crippen molar-refractivity contribution < 1.29 is 18.9 Å². The maximum atomic E-state index is 5.94. The molecule has 0 aliphatic rings. The van der Waals surface area contributed by atoms with Gasteiger partial charge in [-0.3, -0.25) is 0 Å². The van der Waals surface area contributed by atoms with Crippen molar-refractivity contribution in [1.29, 1.82) is 0 Å². The van der Waals surface area contributed by atoms with E-state index < -0.39 is 7.92 Å². The number of ether oxygens (including phenoxy) is 4. The molecule has 0 amide bonds. The summed E-state index contributed by atoms with van der Waals surface area (Å²) in [7, 11) is 2.46. The Hall–Kier alpha value is 0.310. The molecule has 0 bridgehead atoms. The smallest absolute Gasteiger partial charge is 0.188 e. The maximum Gasteiger partial charge on any atom is 0.188 e. The highest BCUT2D eigenvalue weighted by Gasteiger charge is 2.25. The predicted octanol–water partition coefficient (Wildman–Crippen LogP) is 6.54. The van der Waals surface area contributed by atoms with E-state index >= 15 is 0 Å². The van der Waals surface area contributed by atoms with E-state index in [2.05, 4.69) is 82.8 Å². The van der Waals surface area contributed by atoms with E-state index in [0.29, 0.717) is 0 Å². The van der Waals surface area contributed by atoms with Crippen LogP contribution in [0.1, 0.15) is 13.3 Å². The van der Waals surface area contributed by atoms with Gasteiger partial charge in [0.05, 0.1) is 8.95 Å². The molecule has 0 N–H and O–H groups in total. The molecule has 0 heterocycles. The van der Waals surface area contributed by atoms with Gasteiger partial charge in [0.2, 0.25) is 0 Å². The molecule has 0 spiro atoms. The molecule has 0 radical (unpaired) electrons. The second kappa shape index (κ2) is 12.2. The number of rotatable bonds is 10. The summed E-state index contributed by atoms with van der Waals surface area (Å²) in [6, 6.07) is 8.19. The van der Waals surface area contributed by atoms with Crippen LogP contribution in [0.25, 0.3) is 0 Å². The van der Waals surface area contributed by atoms with Gasteiger partial charge < -0.3 is 18.9 Å². The molecule has 0 unspecified atom stereocenters. The number of halogens is 4. The van der Waals surface area contributed by atoms with Crippen LogP contribution in [0.15, 0.2) is 42.2 Å². The minimum atomic E-state index is -0.772. The summed E-state index contributed by atoms with van der Waals surface area (Å²) < 4.78 is 25.9. The van der Waals surface area contributed by atoms with Crippen molar-refractivity contribution in [2.45, 2.75) is 13.3 Å². The van der Waals surface area contributed by atoms with Crippen LogP contribution in [0, 0.1) is 0 Å². The van der Waals surface area contributed by atoms with E-state index in [1.165, 1.54) is 0 Å². The van der Waals surface area contributed by atoms with Gasteiger partial charge >= 0.3 is 0 Å². The lowest BCUT2D eigenvalue weighted by Crippen LogP contribution is -2.21. The molecular formula is C19H21Br4O4P. The van der Waals surface area contributed by atoms with Crippen LogP contribution in [-0.4, -0.2) is 34.0 Å². The fourth-order valence-electron chi connectivity index (χ4n) is 2.61. The number of hydrogen-bond donors (Lipinski definition) is 0. The molecule has 0 saturated heterocycles. The lowest BCUT2D eigenvalue weighted by molar-refractivity contribution is 0.0513. The highest BCUT2D eigenvalue weighted by molar-refractivity contribution is 9.11. The average Bonchev–Trinajstić information content (AvgIpc) is 2.64. The first-order chi connectivity index (χ1) is 13.4. The highest BCUT2D eigenvalue weighted by Crippen LogP contribution is 2.46. The quantitative estimate of drug-likeness (QED) is 0.214. The van der Waals surface area contributed by atoms with Crippen molar-refractivity contribution in [3.63, 3.8) is 0 Å². The van der Waals surface area contributed by atoms with Crippen LogP contribution in [-0.2, 0) is 9.47 Å². The Morgan fingerprint density at radius 1 is 0.750 bits per heavy atom. The van der Waals surface area contributed by atoms with E-state index in [1.807, 2.05) is 12.1 Å². The van der Waals surface area contributed by atoms with Crippen LogP contribution in [0.2, 0.25) is 0 Å². The van der Waals surface area contributed by atoms with Gasteiger partial charge in [0.25, 0.3) is 0 Å². The molecule has 0 atom stereocenters. The minimum absolute atomic E-state index is 0.178. The number of methoxy groups -OCH3 is 2. The lowest BCUT2D eigenvalue weighted by Gasteiger charge is -2.25. The van der Waals surface area contributed by atoms with Crippen LogP contribution in [0.3, 0.4) is 0 Å². The molecule has 4 nitrogen and oxygen atoms in total. The monoisotopic (exact) mass is 660 g/mol. The Labute approximate surface area is 200 Å². The summed E-state index contributed by atoms with van der Waals surface area (Å²) in [6.07, 6.45) is 2.00. The van der Waals surface area contributed by atoms with Gasteiger partial charge in [-0.05, 0) is 70.2 Å². The zero-order chi connectivity index (χ0) is 20.7. The van der Waals surface area contributed by atoms with Crippen molar-refractivity contribution in [2.24, 2.45) is 0 Å². The topological polar surface area (TPSA) is 36.9 Å². The van der Waals surface area contributed by atoms with Crippen molar-refractivity contribution in [3.05, 3.63) is 42.2 Å². The number of hydrogen-bond acceptors (Lipinski definition) is 4. The van der Waals surface area contributed by atoms with Gasteiger partial charge in [0.15, 0.2) is 13.6 Å². The molecule has 28 heavy (non-hydrogen) atoms. The van der Waals surface area contributed by atoms with Gasteiger partial charge in [-0.15, -0.1) is 0 Å². The first-order valence-corrected chi connectivity index (χ1v) is 13.1. The summed E-state index contributed by atoms with van der Waals surface area (Å²) >= 11 is 14.5. The first kappa shape index (κ1) is 24.6. The van der Waals surface area contributed by atoms with Gasteiger partial charge in [-0.1, -0.05) is 45.2 Å². The van der Waals surface area contributed by atoms with Crippen molar-refractivity contribution in [3.8, 4) is 11.5 Å². The Bertz CT molecular complexity index is 740. The van der Waals surface area contributed by atoms with Crippen LogP contribution in [0.5, 0.6) is 11.5 Å². The third-order valence-corrected chi connectivity index (χ3v) is 8.46. The summed E-state index contributed by atoms with van der Waals surface area (Å²) in [5.41, 5.74) is 0. The maximum absolute atomic E-state index is 5.94. The van der Waals surface area contributed by atoms with Crippen molar-refractivity contribution >= 4 is 82.3 Å². The molecule has 0 fully saturated rings. The predicted molar refractivity (Wildman–Crippen MR) is 130 cm³/mol. The summed E-state index contributed by atoms with van der Waals surface area (Å²) in [6.45, 7) is 2.54. The van der Waals surface area contributed by atoms with Crippen LogP contribution >= 0.6 is 71.6 Å². The molecular weight excluding hydrogens is 643 g/mol. The highest BCUT2D eigenvalue weighted by atomic mass is 79.9.